The normalized spacial score (nSPS) is 0. The van der Waals surface area contributed by atoms with Crippen molar-refractivity contribution in [2.45, 2.75) is 0 Å². The maximum absolute atomic E-state index is 0. The molecule has 4 heavy (non-hydrogen) atoms. The minimum Gasteiger partial charge on any atom is -1.00 e. The molecular weight excluding hydrogens is 247 g/mol. The predicted octanol–water partition coefficient (Wildman–Crippen LogP) is -1.34. The van der Waals surface area contributed by atoms with Crippen LogP contribution < -0.4 is 0 Å². The molecule has 0 saturated heterocycles. The summed E-state index contributed by atoms with van der Waals surface area (Å²) >= 11 is 0. The molecule has 22 valence electrons. The Balaban J connectivity index is 0. The average molecular weight is 252 g/mol. The quantitative estimate of drug-likeness (QED) is 0.468. The first-order valence-corrected chi connectivity index (χ1v) is 0. The molecule has 0 radical (unpaired) electrons. The Hall–Kier alpha value is 3.19. The van der Waals surface area contributed by atoms with Crippen LogP contribution >= 0.6 is 0 Å². The Labute approximate surface area is 100.0 Å². The molecule has 0 nitrogen and oxygen atoms in total. The third-order valence-electron chi connectivity index (χ3n) is 0. The van der Waals surface area contributed by atoms with Gasteiger partial charge in [-0.15, -0.1) is 0 Å². The maximum Gasteiger partial charge on any atom is 2.00 e. The molecule has 0 aliphatic heterocycles. The van der Waals surface area contributed by atoms with Crippen molar-refractivity contribution in [3.8, 4) is 0 Å². The monoisotopic (exact) mass is 252 g/mol. The first-order chi connectivity index (χ1) is 0. The van der Waals surface area contributed by atoms with E-state index in [9.17, 15) is 0 Å². The molecule has 0 amide bonds. The standard InChI is InChI=1S/Al.Ce.Fe.Mg.5H/q;;;+2;;;;2*-1. The minimum atomic E-state index is 0. The van der Waals surface area contributed by atoms with Crippen LogP contribution in [0.25, 0.3) is 0 Å². The van der Waals surface area contributed by atoms with Gasteiger partial charge >= 0.3 is 23.1 Å². The summed E-state index contributed by atoms with van der Waals surface area (Å²) < 4.78 is 0. The van der Waals surface area contributed by atoms with Gasteiger partial charge in [0.15, 0.2) is 17.4 Å². The van der Waals surface area contributed by atoms with E-state index in [-0.39, 0.29) is 102 Å². The molecular formula is H5AlCeFeMg. The van der Waals surface area contributed by atoms with Crippen LogP contribution in [0.4, 0.5) is 0 Å². The zero-order valence-corrected chi connectivity index (χ0v) is 7.22. The van der Waals surface area contributed by atoms with E-state index in [1.54, 1.807) is 0 Å². The number of rotatable bonds is 0. The van der Waals surface area contributed by atoms with E-state index in [0.717, 1.165) is 0 Å². The van der Waals surface area contributed by atoms with Crippen LogP contribution in [0.5, 0.6) is 0 Å². The summed E-state index contributed by atoms with van der Waals surface area (Å²) in [5, 5.41) is 0. The van der Waals surface area contributed by atoms with Crippen molar-refractivity contribution in [1.29, 1.82) is 0 Å². The van der Waals surface area contributed by atoms with E-state index < -0.39 is 0 Å². The van der Waals surface area contributed by atoms with Gasteiger partial charge in [0.25, 0.3) is 0 Å². The third-order valence-corrected chi connectivity index (χ3v) is 0. The van der Waals surface area contributed by atoms with E-state index in [2.05, 4.69) is 0 Å². The van der Waals surface area contributed by atoms with Gasteiger partial charge in [-0.2, -0.15) is 0 Å². The van der Waals surface area contributed by atoms with Gasteiger partial charge in [-0.25, -0.2) is 0 Å². The zero-order chi connectivity index (χ0) is 0. The van der Waals surface area contributed by atoms with Crippen LogP contribution in [0.15, 0.2) is 0 Å². The summed E-state index contributed by atoms with van der Waals surface area (Å²) in [6.45, 7) is 0. The van der Waals surface area contributed by atoms with Crippen LogP contribution in [-0.2, 0) is 17.1 Å². The summed E-state index contributed by atoms with van der Waals surface area (Å²) in [6, 6.07) is 0. The van der Waals surface area contributed by atoms with Crippen molar-refractivity contribution in [3.05, 3.63) is 0 Å². The summed E-state index contributed by atoms with van der Waals surface area (Å²) in [5.41, 5.74) is 0. The van der Waals surface area contributed by atoms with E-state index in [1.807, 2.05) is 0 Å². The molecule has 0 bridgehead atoms. The predicted molar refractivity (Wildman–Crippen MR) is 17.9 cm³/mol. The number of hydrogen-bond donors (Lipinski definition) is 0. The Bertz CT molecular complexity index is 13.5. The Morgan fingerprint density at radius 1 is 1.25 bits per heavy atom. The molecule has 0 aromatic carbocycles. The van der Waals surface area contributed by atoms with Crippen LogP contribution in [0.1, 0.15) is 2.85 Å². The van der Waals surface area contributed by atoms with Crippen molar-refractivity contribution < 1.29 is 61.7 Å². The van der Waals surface area contributed by atoms with E-state index in [1.165, 1.54) is 0 Å². The van der Waals surface area contributed by atoms with Crippen LogP contribution in [0.3, 0.4) is 0 Å². The molecule has 0 atom stereocenters. The smallest absolute Gasteiger partial charge is 1.00 e. The zero-order valence-electron chi connectivity index (χ0n) is 3.56. The third kappa shape index (κ3) is 8.96. The summed E-state index contributed by atoms with van der Waals surface area (Å²) in [7, 11) is 0. The van der Waals surface area contributed by atoms with Gasteiger partial charge in [-0.3, -0.25) is 0 Å². The van der Waals surface area contributed by atoms with Crippen molar-refractivity contribution in [3.63, 3.8) is 0 Å². The van der Waals surface area contributed by atoms with Crippen LogP contribution in [-0.4, -0.2) is 40.4 Å². The van der Waals surface area contributed by atoms with Crippen molar-refractivity contribution >= 4 is 40.4 Å². The largest absolute Gasteiger partial charge is 2.00 e. The van der Waals surface area contributed by atoms with Gasteiger partial charge in [0.1, 0.15) is 0 Å². The fourth-order valence-electron chi connectivity index (χ4n) is 0. The molecule has 0 aliphatic rings. The first kappa shape index (κ1) is 27.1. The molecule has 0 unspecified atom stereocenters. The second kappa shape index (κ2) is 16.4. The summed E-state index contributed by atoms with van der Waals surface area (Å²) in [4.78, 5) is 0. The van der Waals surface area contributed by atoms with Gasteiger partial charge in [0, 0.05) is 58.8 Å². The van der Waals surface area contributed by atoms with E-state index in [4.69, 9.17) is 0 Å². The van der Waals surface area contributed by atoms with Crippen molar-refractivity contribution in [2.75, 3.05) is 0 Å². The van der Waals surface area contributed by atoms with Crippen molar-refractivity contribution in [2.24, 2.45) is 0 Å². The van der Waals surface area contributed by atoms with E-state index >= 15 is 0 Å². The van der Waals surface area contributed by atoms with Crippen LogP contribution in [0.2, 0.25) is 0 Å². The Kier molecular flexibility index (Phi) is 111. The number of hydrogen-bond acceptors (Lipinski definition) is 0. The average Bonchev–Trinajstić information content (AvgIpc) is 0. The molecule has 0 saturated carbocycles. The van der Waals surface area contributed by atoms with Crippen molar-refractivity contribution in [1.82, 2.24) is 0 Å². The molecule has 0 N–H and O–H groups in total. The molecule has 0 fully saturated rings. The summed E-state index contributed by atoms with van der Waals surface area (Å²) in [5.74, 6) is 0. The SMILES string of the molecule is [AlH3].[Ce].[Fe].[H-].[H-].[Mg+2]. The second-order valence-electron chi connectivity index (χ2n) is 0. The van der Waals surface area contributed by atoms with Gasteiger partial charge < -0.3 is 2.85 Å². The van der Waals surface area contributed by atoms with Gasteiger partial charge in [0.05, 0.1) is 0 Å². The molecule has 0 spiro atoms. The van der Waals surface area contributed by atoms with Gasteiger partial charge in [0.2, 0.25) is 0 Å². The molecule has 4 heteroatoms. The minimum absolute atomic E-state index is 0. The fraction of sp³-hybridized carbons (Fsp3) is 0. The first-order valence-electron chi connectivity index (χ1n) is 0. The van der Waals surface area contributed by atoms with Gasteiger partial charge in [-0.05, 0) is 0 Å². The Morgan fingerprint density at radius 3 is 1.25 bits per heavy atom. The fourth-order valence-corrected chi connectivity index (χ4v) is 0. The topological polar surface area (TPSA) is 0 Å². The Morgan fingerprint density at radius 2 is 1.25 bits per heavy atom. The van der Waals surface area contributed by atoms with Crippen LogP contribution in [0, 0.1) is 41.7 Å². The second-order valence-corrected chi connectivity index (χ2v) is 0. The molecule has 0 rings (SSSR count). The maximum atomic E-state index is 0. The molecule has 0 aliphatic carbocycles. The molecule has 0 aromatic rings. The summed E-state index contributed by atoms with van der Waals surface area (Å²) in [6.07, 6.45) is 0. The molecule has 0 heterocycles. The van der Waals surface area contributed by atoms with E-state index in [0.29, 0.717) is 0 Å². The molecule has 0 aromatic heterocycles. The van der Waals surface area contributed by atoms with Gasteiger partial charge in [-0.1, -0.05) is 0 Å².